The second kappa shape index (κ2) is 47.7. The molecule has 28 heteroatoms. The normalized spacial score (nSPS) is 10.5. The Morgan fingerprint density at radius 2 is 0.582 bits per heavy atom. The number of carbonyl (C=O) groups excluding carboxylic acids is 7. The van der Waals surface area contributed by atoms with Crippen LogP contribution in [0.4, 0.5) is 0 Å². The molecule has 12 rings (SSSR count). The van der Waals surface area contributed by atoms with E-state index in [1.54, 1.807) is 119 Å². The zero-order valence-corrected chi connectivity index (χ0v) is 72.0. The highest BCUT2D eigenvalue weighted by Crippen LogP contribution is 2.29. The minimum Gasteiger partial charge on any atom is -0.478 e. The fourth-order valence-corrected chi connectivity index (χ4v) is 11.9. The molecule has 1 amide bonds. The van der Waals surface area contributed by atoms with E-state index in [1.807, 2.05) is 152 Å². The number of carboxylic acids is 1. The number of amides is 1. The predicted octanol–water partition coefficient (Wildman–Crippen LogP) is 16.7. The number of methoxy groups -OCH3 is 9. The zero-order chi connectivity index (χ0) is 89.1. The molecule has 632 valence electrons. The van der Waals surface area contributed by atoms with Crippen molar-refractivity contribution in [3.63, 3.8) is 0 Å². The number of benzene rings is 6. The van der Waals surface area contributed by atoms with E-state index in [9.17, 15) is 43.5 Å². The first kappa shape index (κ1) is 95.4. The molecule has 6 aromatic heterocycles. The van der Waals surface area contributed by atoms with Crippen LogP contribution in [0.3, 0.4) is 0 Å². The molecule has 0 aliphatic heterocycles. The van der Waals surface area contributed by atoms with Gasteiger partial charge in [0.2, 0.25) is 0 Å². The summed E-state index contributed by atoms with van der Waals surface area (Å²) in [6.07, 6.45) is 12.3. The van der Waals surface area contributed by atoms with Crippen molar-refractivity contribution in [2.45, 2.75) is 80.9 Å². The summed E-state index contributed by atoms with van der Waals surface area (Å²) in [5.74, 6) is -3.25. The van der Waals surface area contributed by atoms with E-state index in [-0.39, 0.29) is 41.2 Å². The van der Waals surface area contributed by atoms with Crippen LogP contribution in [-0.4, -0.2) is 157 Å². The molecule has 0 aliphatic carbocycles. The number of aryl methyl sites for hydroxylation is 6. The number of carbonyl (C=O) groups is 8. The van der Waals surface area contributed by atoms with Crippen LogP contribution in [0.5, 0.6) is 0 Å². The molecule has 6 heterocycles. The lowest BCUT2D eigenvalue weighted by Gasteiger charge is -2.15. The molecular formula is C94H95BrN8O19. The molecule has 122 heavy (non-hydrogen) atoms. The third kappa shape index (κ3) is 29.0. The first-order chi connectivity index (χ1) is 58.4. The number of hydrogen-bond donors (Lipinski definition) is 3. The largest absolute Gasteiger partial charge is 0.478 e. The number of carboxylic acid groups (broad SMARTS) is 1. The van der Waals surface area contributed by atoms with Crippen LogP contribution in [0.15, 0.2) is 218 Å². The third-order valence-electron chi connectivity index (χ3n) is 17.6. The second-order valence-electron chi connectivity index (χ2n) is 27.3. The van der Waals surface area contributed by atoms with Crippen molar-refractivity contribution in [1.82, 2.24) is 40.2 Å². The van der Waals surface area contributed by atoms with Crippen molar-refractivity contribution in [1.29, 1.82) is 0 Å². The molecule has 27 nitrogen and oxygen atoms in total. The first-order valence-corrected chi connectivity index (χ1v) is 38.3. The number of nitrogens with zero attached hydrogens (tertiary/aromatic N) is 7. The van der Waals surface area contributed by atoms with Gasteiger partial charge in [-0.15, -0.1) is 0 Å². The van der Waals surface area contributed by atoms with E-state index in [4.69, 9.17) is 38.3 Å². The van der Waals surface area contributed by atoms with E-state index < -0.39 is 35.8 Å². The highest BCUT2D eigenvalue weighted by atomic mass is 79.9. The smallest absolute Gasteiger partial charge is 0.337 e. The summed E-state index contributed by atoms with van der Waals surface area (Å²) in [7, 11) is 12.7. The van der Waals surface area contributed by atoms with Gasteiger partial charge >= 0.3 is 41.8 Å². The van der Waals surface area contributed by atoms with Crippen molar-refractivity contribution in [3.8, 4) is 56.3 Å². The Labute approximate surface area is 716 Å². The van der Waals surface area contributed by atoms with Gasteiger partial charge in [-0.3, -0.25) is 29.7 Å². The van der Waals surface area contributed by atoms with Gasteiger partial charge in [0, 0.05) is 108 Å². The van der Waals surface area contributed by atoms with E-state index in [0.717, 1.165) is 95.1 Å². The highest BCUT2D eigenvalue weighted by Gasteiger charge is 2.20. The SMILES string of the molecule is COC(=O)c1cc(Br)cc(C(=O)OC)c1.COC(=O)c1cc(C(=O)OC)cc(-c2ccc(C)cn2)c1.COC(=O)c1cc(CO)cc(-c2ccc(C)cn2)c1.COCc1cc(C(=O)N[C@H](C)c2cnc(C)nc2)cc(-c2ccc(C)cn2)c1.COCc1cc(C(=O)O)cc(-c2ccc(C)cn2)c1.COCc1cc(C(=O)OC)cc(-c2ccc(C)cn2)c1. The predicted molar refractivity (Wildman–Crippen MR) is 462 cm³/mol. The van der Waals surface area contributed by atoms with Crippen molar-refractivity contribution in [3.05, 3.63) is 324 Å². The van der Waals surface area contributed by atoms with E-state index in [0.29, 0.717) is 74.8 Å². The summed E-state index contributed by atoms with van der Waals surface area (Å²) in [5.41, 5.74) is 20.1. The van der Waals surface area contributed by atoms with Gasteiger partial charge in [-0.05, 0) is 238 Å². The average molecular weight is 1720 g/mol. The standard InChI is InChI=1S/C22H24N4O2.C16H15NO4.C16H17NO3.2C15H15NO3.C10H9BrO4/c1-14-5-6-21(25-10-14)18-7-17(13-28-4)8-19(9-18)22(27)26-15(2)20-11-23-16(3)24-12-20;1-10-4-5-14(17-9-10)11-6-12(15(18)20-2)8-13(7-11)16(19)21-3;1-11-4-5-15(17-9-11)13-6-12(10-19-2)7-14(8-13)16(18)20-3;1-10-3-4-14(16-8-10)12-5-11(9-19-2)6-13(7-12)15(17)18;1-10-3-4-14(16-8-10)12-5-11(9-17)6-13(7-12)15(18)19-2;1-14-9(12)6-3-7(10(13)15-2)5-8(11)4-6/h5-12,15H,13H2,1-4H3,(H,26,27);4-9H,1-3H3;4-9H,10H2,1-3H3;3-8H,9H2,1-2H3,(H,17,18);3-8,17H,9H2,1-2H3;3-5H,1-2H3/t15-;;;;;/m1...../s1. The van der Waals surface area contributed by atoms with Gasteiger partial charge in [-0.1, -0.05) is 46.3 Å². The van der Waals surface area contributed by atoms with Gasteiger partial charge in [0.05, 0.1) is 143 Å². The molecule has 6 aromatic carbocycles. The topological polar surface area (TPSA) is 362 Å². The van der Waals surface area contributed by atoms with Crippen LogP contribution in [0, 0.1) is 41.5 Å². The van der Waals surface area contributed by atoms with Crippen LogP contribution in [0.25, 0.3) is 56.3 Å². The van der Waals surface area contributed by atoms with Crippen molar-refractivity contribution < 1.29 is 91.2 Å². The van der Waals surface area contributed by atoms with Crippen molar-refractivity contribution in [2.75, 3.05) is 64.0 Å². The van der Waals surface area contributed by atoms with Gasteiger partial charge in [-0.25, -0.2) is 43.5 Å². The summed E-state index contributed by atoms with van der Waals surface area (Å²) in [6, 6.07) is 49.8. The number of ether oxygens (including phenoxy) is 9. The Morgan fingerprint density at radius 3 is 0.861 bits per heavy atom. The van der Waals surface area contributed by atoms with Crippen LogP contribution in [0.2, 0.25) is 0 Å². The van der Waals surface area contributed by atoms with E-state index >= 15 is 0 Å². The molecule has 12 aromatic rings. The van der Waals surface area contributed by atoms with Crippen LogP contribution < -0.4 is 5.32 Å². The number of halogens is 1. The number of aliphatic hydroxyl groups is 1. The Hall–Kier alpha value is -13.8. The number of aliphatic hydroxyl groups excluding tert-OH is 1. The number of aromatic nitrogens is 7. The monoisotopic (exact) mass is 1720 g/mol. The Bertz CT molecular complexity index is 5470. The van der Waals surface area contributed by atoms with Crippen molar-refractivity contribution >= 4 is 63.6 Å². The number of esters is 6. The van der Waals surface area contributed by atoms with Gasteiger partial charge in [-0.2, -0.15) is 0 Å². The van der Waals surface area contributed by atoms with Gasteiger partial charge in [0.15, 0.2) is 0 Å². The summed E-state index contributed by atoms with van der Waals surface area (Å²) in [6.45, 7) is 14.7. The second-order valence-corrected chi connectivity index (χ2v) is 28.2. The summed E-state index contributed by atoms with van der Waals surface area (Å²) in [5, 5.41) is 21.4. The molecule has 0 bridgehead atoms. The maximum absolute atomic E-state index is 12.9. The lowest BCUT2D eigenvalue weighted by molar-refractivity contribution is 0.0581. The van der Waals surface area contributed by atoms with Gasteiger partial charge in [0.25, 0.3) is 5.91 Å². The molecule has 0 radical (unpaired) electrons. The van der Waals surface area contributed by atoms with Crippen LogP contribution >= 0.6 is 15.9 Å². The number of pyridine rings is 5. The van der Waals surface area contributed by atoms with Gasteiger partial charge < -0.3 is 58.2 Å². The number of nitrogens with one attached hydrogen (secondary N) is 1. The lowest BCUT2D eigenvalue weighted by atomic mass is 10.0. The minimum absolute atomic E-state index is 0.135. The number of rotatable bonds is 22. The first-order valence-electron chi connectivity index (χ1n) is 37.5. The van der Waals surface area contributed by atoms with E-state index in [2.05, 4.69) is 65.6 Å². The molecule has 0 aliphatic rings. The van der Waals surface area contributed by atoms with E-state index in [1.165, 1.54) is 54.8 Å². The number of hydrogen-bond acceptors (Lipinski definition) is 25. The summed E-state index contributed by atoms with van der Waals surface area (Å²) < 4.78 is 44.1. The Morgan fingerprint density at radius 1 is 0.328 bits per heavy atom. The number of aromatic carboxylic acids is 1. The lowest BCUT2D eigenvalue weighted by Crippen LogP contribution is -2.27. The van der Waals surface area contributed by atoms with Crippen LogP contribution in [-0.2, 0) is 69.1 Å². The molecular weight excluding hydrogens is 1620 g/mol. The maximum Gasteiger partial charge on any atom is 0.337 e. The molecule has 0 fully saturated rings. The molecule has 3 N–H and O–H groups in total. The molecule has 0 unspecified atom stereocenters. The molecule has 0 saturated heterocycles. The minimum atomic E-state index is -0.952. The summed E-state index contributed by atoms with van der Waals surface area (Å²) in [4.78, 5) is 123. The fraction of sp³-hybridized carbons (Fsp3) is 0.223. The maximum atomic E-state index is 12.9. The van der Waals surface area contributed by atoms with Gasteiger partial charge in [0.1, 0.15) is 5.82 Å². The van der Waals surface area contributed by atoms with Crippen molar-refractivity contribution in [2.24, 2.45) is 0 Å². The molecule has 1 atom stereocenters. The Kier molecular flexibility index (Phi) is 37.3. The highest BCUT2D eigenvalue weighted by molar-refractivity contribution is 9.10. The molecule has 0 spiro atoms. The third-order valence-corrected chi connectivity index (χ3v) is 18.1. The summed E-state index contributed by atoms with van der Waals surface area (Å²) >= 11 is 3.19. The van der Waals surface area contributed by atoms with Crippen LogP contribution in [0.1, 0.15) is 157 Å². The Balaban J connectivity index is 0.000000203. The fourth-order valence-electron chi connectivity index (χ4n) is 11.4. The average Bonchev–Trinajstić information content (AvgIpc) is 0.965. The quantitative estimate of drug-likeness (QED) is 0.0419. The zero-order valence-electron chi connectivity index (χ0n) is 70.5. The molecule has 0 saturated carbocycles.